The standard InChI is InChI=1S/C17H12Cl2N2O3/c18-11-3-10(4-12(19)6-11)16-20-14-2-1-9(5-15(14)24-16)17(23)21-7-13(22)8-21/h1-6,13,22H,7-8H2. The molecule has 24 heavy (non-hydrogen) atoms. The molecule has 1 aliphatic heterocycles. The van der Waals surface area contributed by atoms with Gasteiger partial charge in [0, 0.05) is 34.3 Å². The molecule has 4 rings (SSSR count). The minimum absolute atomic E-state index is 0.133. The number of halogens is 2. The summed E-state index contributed by atoms with van der Waals surface area (Å²) in [6.07, 6.45) is -0.429. The Balaban J connectivity index is 1.69. The van der Waals surface area contributed by atoms with E-state index in [2.05, 4.69) is 4.98 Å². The van der Waals surface area contributed by atoms with Gasteiger partial charge >= 0.3 is 0 Å². The number of nitrogens with zero attached hydrogens (tertiary/aromatic N) is 2. The molecule has 1 aromatic heterocycles. The molecule has 0 saturated carbocycles. The molecule has 0 aliphatic carbocycles. The van der Waals surface area contributed by atoms with Crippen LogP contribution in [-0.4, -0.2) is 40.1 Å². The first-order valence-corrected chi connectivity index (χ1v) is 8.09. The predicted octanol–water partition coefficient (Wildman–Crippen LogP) is 3.62. The van der Waals surface area contributed by atoms with Crippen molar-refractivity contribution >= 4 is 40.2 Å². The van der Waals surface area contributed by atoms with E-state index in [-0.39, 0.29) is 5.91 Å². The van der Waals surface area contributed by atoms with Gasteiger partial charge in [-0.15, -0.1) is 0 Å². The first kappa shape index (κ1) is 15.4. The van der Waals surface area contributed by atoms with Gasteiger partial charge in [0.05, 0.1) is 6.10 Å². The lowest BCUT2D eigenvalue weighted by Crippen LogP contribution is -2.53. The van der Waals surface area contributed by atoms with Crippen molar-refractivity contribution in [2.24, 2.45) is 0 Å². The van der Waals surface area contributed by atoms with E-state index in [1.807, 2.05) is 0 Å². The summed E-state index contributed by atoms with van der Waals surface area (Å²) in [6, 6.07) is 10.2. The molecule has 3 aromatic rings. The Morgan fingerprint density at radius 1 is 1.17 bits per heavy atom. The van der Waals surface area contributed by atoms with Gasteiger partial charge in [0.1, 0.15) is 5.52 Å². The third-order valence-electron chi connectivity index (χ3n) is 3.89. The quantitative estimate of drug-likeness (QED) is 0.755. The van der Waals surface area contributed by atoms with E-state index in [0.29, 0.717) is 51.3 Å². The molecule has 122 valence electrons. The molecule has 0 atom stereocenters. The van der Waals surface area contributed by atoms with Gasteiger partial charge in [-0.3, -0.25) is 4.79 Å². The smallest absolute Gasteiger partial charge is 0.254 e. The number of fused-ring (bicyclic) bond motifs is 1. The van der Waals surface area contributed by atoms with Gasteiger partial charge in [-0.25, -0.2) is 4.98 Å². The monoisotopic (exact) mass is 362 g/mol. The fourth-order valence-corrected chi connectivity index (χ4v) is 3.19. The van der Waals surface area contributed by atoms with Gasteiger partial charge in [0.15, 0.2) is 5.58 Å². The van der Waals surface area contributed by atoms with Crippen LogP contribution in [0.1, 0.15) is 10.4 Å². The number of hydrogen-bond acceptors (Lipinski definition) is 4. The van der Waals surface area contributed by atoms with E-state index in [1.165, 1.54) is 0 Å². The van der Waals surface area contributed by atoms with E-state index in [9.17, 15) is 9.90 Å². The minimum Gasteiger partial charge on any atom is -0.436 e. The number of carbonyl (C=O) groups excluding carboxylic acids is 1. The Labute approximate surface area is 147 Å². The molecule has 1 amide bonds. The number of amides is 1. The van der Waals surface area contributed by atoms with E-state index >= 15 is 0 Å². The summed E-state index contributed by atoms with van der Waals surface area (Å²) in [5.41, 5.74) is 2.32. The van der Waals surface area contributed by atoms with Crippen LogP contribution in [0.15, 0.2) is 40.8 Å². The van der Waals surface area contributed by atoms with Crippen molar-refractivity contribution < 1.29 is 14.3 Å². The summed E-state index contributed by atoms with van der Waals surface area (Å²) in [5.74, 6) is 0.254. The topological polar surface area (TPSA) is 66.6 Å². The maximum Gasteiger partial charge on any atom is 0.254 e. The largest absolute Gasteiger partial charge is 0.436 e. The number of likely N-dealkylation sites (tertiary alicyclic amines) is 1. The summed E-state index contributed by atoms with van der Waals surface area (Å²) in [7, 11) is 0. The lowest BCUT2D eigenvalue weighted by molar-refractivity contribution is 0.00590. The Bertz CT molecular complexity index is 928. The molecule has 7 heteroatoms. The highest BCUT2D eigenvalue weighted by Crippen LogP contribution is 2.30. The van der Waals surface area contributed by atoms with Crippen molar-refractivity contribution in [2.75, 3.05) is 13.1 Å². The first-order chi connectivity index (χ1) is 11.5. The summed E-state index contributed by atoms with van der Waals surface area (Å²) < 4.78 is 5.76. The number of rotatable bonds is 2. The van der Waals surface area contributed by atoms with Crippen LogP contribution < -0.4 is 0 Å². The number of benzene rings is 2. The second-order valence-electron chi connectivity index (χ2n) is 5.72. The maximum absolute atomic E-state index is 12.3. The Hall–Kier alpha value is -2.08. The molecule has 0 spiro atoms. The molecule has 1 aliphatic rings. The molecule has 1 N–H and O–H groups in total. The zero-order valence-electron chi connectivity index (χ0n) is 12.4. The van der Waals surface area contributed by atoms with Gasteiger partial charge in [0.2, 0.25) is 5.89 Å². The van der Waals surface area contributed by atoms with Crippen molar-refractivity contribution in [1.29, 1.82) is 0 Å². The number of oxazole rings is 1. The van der Waals surface area contributed by atoms with E-state index in [4.69, 9.17) is 27.6 Å². The molecule has 0 radical (unpaired) electrons. The van der Waals surface area contributed by atoms with Crippen molar-refractivity contribution in [3.63, 3.8) is 0 Å². The average molecular weight is 363 g/mol. The van der Waals surface area contributed by atoms with Crippen molar-refractivity contribution in [2.45, 2.75) is 6.10 Å². The van der Waals surface area contributed by atoms with Crippen LogP contribution in [0, 0.1) is 0 Å². The molecule has 1 fully saturated rings. The highest BCUT2D eigenvalue weighted by Gasteiger charge is 2.29. The van der Waals surface area contributed by atoms with E-state index in [0.717, 1.165) is 0 Å². The van der Waals surface area contributed by atoms with Gasteiger partial charge in [-0.05, 0) is 36.4 Å². The maximum atomic E-state index is 12.3. The van der Waals surface area contributed by atoms with Gasteiger partial charge in [0.25, 0.3) is 5.91 Å². The van der Waals surface area contributed by atoms with Crippen LogP contribution in [0.25, 0.3) is 22.6 Å². The molecule has 0 bridgehead atoms. The summed E-state index contributed by atoms with van der Waals surface area (Å²) in [6.45, 7) is 0.721. The first-order valence-electron chi connectivity index (χ1n) is 7.34. The molecular formula is C17H12Cl2N2O3. The van der Waals surface area contributed by atoms with E-state index in [1.54, 1.807) is 41.3 Å². The predicted molar refractivity (Wildman–Crippen MR) is 91.4 cm³/mol. The van der Waals surface area contributed by atoms with Crippen molar-refractivity contribution in [3.05, 3.63) is 52.0 Å². The highest BCUT2D eigenvalue weighted by atomic mass is 35.5. The number of aromatic nitrogens is 1. The molecule has 5 nitrogen and oxygen atoms in total. The molecule has 2 heterocycles. The molecular weight excluding hydrogens is 351 g/mol. The fraction of sp³-hybridized carbons (Fsp3) is 0.176. The Kier molecular flexibility index (Phi) is 3.72. The number of β-amino-alcohol motifs (C(OH)–C–C–N with tert-alkyl or cyclic N) is 1. The van der Waals surface area contributed by atoms with Gasteiger partial charge < -0.3 is 14.4 Å². The van der Waals surface area contributed by atoms with Crippen LogP contribution in [-0.2, 0) is 0 Å². The third kappa shape index (κ3) is 2.75. The lowest BCUT2D eigenvalue weighted by atomic mass is 10.1. The zero-order valence-corrected chi connectivity index (χ0v) is 13.9. The van der Waals surface area contributed by atoms with Crippen molar-refractivity contribution in [3.8, 4) is 11.5 Å². The Morgan fingerprint density at radius 3 is 2.54 bits per heavy atom. The minimum atomic E-state index is -0.429. The van der Waals surface area contributed by atoms with Gasteiger partial charge in [-0.2, -0.15) is 0 Å². The van der Waals surface area contributed by atoms with Crippen LogP contribution in [0.5, 0.6) is 0 Å². The van der Waals surface area contributed by atoms with E-state index < -0.39 is 6.10 Å². The Morgan fingerprint density at radius 2 is 1.88 bits per heavy atom. The summed E-state index contributed by atoms with van der Waals surface area (Å²) in [5, 5.41) is 10.3. The third-order valence-corrected chi connectivity index (χ3v) is 4.33. The summed E-state index contributed by atoms with van der Waals surface area (Å²) in [4.78, 5) is 18.3. The van der Waals surface area contributed by atoms with Gasteiger partial charge in [-0.1, -0.05) is 23.2 Å². The normalized spacial score (nSPS) is 14.9. The number of aliphatic hydroxyl groups is 1. The fourth-order valence-electron chi connectivity index (χ4n) is 2.66. The zero-order chi connectivity index (χ0) is 16.8. The van der Waals surface area contributed by atoms with Crippen LogP contribution >= 0.6 is 23.2 Å². The van der Waals surface area contributed by atoms with Crippen molar-refractivity contribution in [1.82, 2.24) is 9.88 Å². The number of carbonyl (C=O) groups is 1. The second kappa shape index (κ2) is 5.77. The average Bonchev–Trinajstić information content (AvgIpc) is 2.93. The molecule has 0 unspecified atom stereocenters. The molecule has 1 saturated heterocycles. The summed E-state index contributed by atoms with van der Waals surface area (Å²) >= 11 is 12.0. The highest BCUT2D eigenvalue weighted by molar-refractivity contribution is 6.35. The van der Waals surface area contributed by atoms with Crippen LogP contribution in [0.2, 0.25) is 10.0 Å². The molecule has 2 aromatic carbocycles. The second-order valence-corrected chi connectivity index (χ2v) is 6.60. The van der Waals surface area contributed by atoms with Crippen LogP contribution in [0.4, 0.5) is 0 Å². The number of hydrogen-bond donors (Lipinski definition) is 1. The number of aliphatic hydroxyl groups excluding tert-OH is 1. The van der Waals surface area contributed by atoms with Crippen LogP contribution in [0.3, 0.4) is 0 Å². The SMILES string of the molecule is O=C(c1ccc2nc(-c3cc(Cl)cc(Cl)c3)oc2c1)N1CC(O)C1. The lowest BCUT2D eigenvalue weighted by Gasteiger charge is -2.35.